The molecular weight excluding hydrogens is 274 g/mol. The maximum atomic E-state index is 11.8. The Balaban J connectivity index is 2.99. The standard InChI is InChI=1S/C11H16BrNOS/c1-3-9(7-15)5-13-6-10(12)4-8(2)11(13)14/h4,6,9,15H,3,5,7H2,1-2H3. The summed E-state index contributed by atoms with van der Waals surface area (Å²) in [6, 6.07) is 1.85. The molecule has 0 saturated carbocycles. The van der Waals surface area contributed by atoms with E-state index in [-0.39, 0.29) is 5.56 Å². The monoisotopic (exact) mass is 289 g/mol. The van der Waals surface area contributed by atoms with Gasteiger partial charge in [0.15, 0.2) is 0 Å². The molecule has 0 amide bonds. The highest BCUT2D eigenvalue weighted by Crippen LogP contribution is 2.11. The topological polar surface area (TPSA) is 22.0 Å². The molecule has 0 N–H and O–H groups in total. The molecule has 1 rings (SSSR count). The lowest BCUT2D eigenvalue weighted by Crippen LogP contribution is -2.25. The second kappa shape index (κ2) is 5.75. The number of thiol groups is 1. The van der Waals surface area contributed by atoms with Crippen molar-refractivity contribution in [2.75, 3.05) is 5.75 Å². The van der Waals surface area contributed by atoms with Gasteiger partial charge in [-0.1, -0.05) is 13.3 Å². The molecule has 2 nitrogen and oxygen atoms in total. The number of aromatic nitrogens is 1. The van der Waals surface area contributed by atoms with Crippen LogP contribution in [0.4, 0.5) is 0 Å². The zero-order valence-corrected chi connectivity index (χ0v) is 11.5. The molecule has 1 heterocycles. The zero-order chi connectivity index (χ0) is 11.4. The minimum absolute atomic E-state index is 0.0958. The smallest absolute Gasteiger partial charge is 0.253 e. The summed E-state index contributed by atoms with van der Waals surface area (Å²) >= 11 is 7.69. The van der Waals surface area contributed by atoms with E-state index in [4.69, 9.17) is 0 Å². The van der Waals surface area contributed by atoms with E-state index < -0.39 is 0 Å². The van der Waals surface area contributed by atoms with Gasteiger partial charge in [-0.25, -0.2) is 0 Å². The minimum atomic E-state index is 0.0958. The van der Waals surface area contributed by atoms with Crippen LogP contribution in [-0.4, -0.2) is 10.3 Å². The molecule has 4 heteroatoms. The van der Waals surface area contributed by atoms with Crippen molar-refractivity contribution in [2.24, 2.45) is 5.92 Å². The molecule has 1 aromatic rings. The molecule has 84 valence electrons. The molecule has 1 aromatic heterocycles. The highest BCUT2D eigenvalue weighted by molar-refractivity contribution is 9.10. The predicted molar refractivity (Wildman–Crippen MR) is 70.8 cm³/mol. The Morgan fingerprint density at radius 1 is 1.60 bits per heavy atom. The largest absolute Gasteiger partial charge is 0.314 e. The molecule has 0 aliphatic heterocycles. The molecule has 0 radical (unpaired) electrons. The molecule has 0 aliphatic rings. The van der Waals surface area contributed by atoms with E-state index in [0.717, 1.165) is 28.8 Å². The highest BCUT2D eigenvalue weighted by Gasteiger charge is 2.08. The first-order valence-corrected chi connectivity index (χ1v) is 6.48. The number of hydrogen-bond donors (Lipinski definition) is 1. The van der Waals surface area contributed by atoms with Crippen LogP contribution in [0.5, 0.6) is 0 Å². The molecule has 0 aliphatic carbocycles. The normalized spacial score (nSPS) is 12.8. The van der Waals surface area contributed by atoms with Crippen molar-refractivity contribution in [1.29, 1.82) is 0 Å². The van der Waals surface area contributed by atoms with Crippen molar-refractivity contribution in [1.82, 2.24) is 4.57 Å². The lowest BCUT2D eigenvalue weighted by atomic mass is 10.1. The first-order valence-electron chi connectivity index (χ1n) is 5.06. The fraction of sp³-hybridized carbons (Fsp3) is 0.545. The fourth-order valence-electron chi connectivity index (χ4n) is 1.47. The third kappa shape index (κ3) is 3.38. The number of nitrogens with zero attached hydrogens (tertiary/aromatic N) is 1. The lowest BCUT2D eigenvalue weighted by Gasteiger charge is -2.14. The quantitative estimate of drug-likeness (QED) is 0.846. The van der Waals surface area contributed by atoms with Crippen LogP contribution in [0.25, 0.3) is 0 Å². The Morgan fingerprint density at radius 3 is 2.80 bits per heavy atom. The Kier molecular flexibility index (Phi) is 4.93. The average molecular weight is 290 g/mol. The van der Waals surface area contributed by atoms with Crippen molar-refractivity contribution in [3.63, 3.8) is 0 Å². The number of rotatable bonds is 4. The van der Waals surface area contributed by atoms with Gasteiger partial charge in [0.1, 0.15) is 0 Å². The van der Waals surface area contributed by atoms with E-state index in [2.05, 4.69) is 35.5 Å². The summed E-state index contributed by atoms with van der Waals surface area (Å²) < 4.78 is 2.72. The van der Waals surface area contributed by atoms with Crippen LogP contribution in [0.3, 0.4) is 0 Å². The van der Waals surface area contributed by atoms with Crippen molar-refractivity contribution in [3.05, 3.63) is 32.7 Å². The molecule has 0 fully saturated rings. The summed E-state index contributed by atoms with van der Waals surface area (Å²) in [5.74, 6) is 1.27. The van der Waals surface area contributed by atoms with Crippen LogP contribution in [0, 0.1) is 12.8 Å². The summed E-state index contributed by atoms with van der Waals surface area (Å²) in [7, 11) is 0. The van der Waals surface area contributed by atoms with Crippen LogP contribution < -0.4 is 5.56 Å². The van der Waals surface area contributed by atoms with Gasteiger partial charge in [-0.15, -0.1) is 0 Å². The van der Waals surface area contributed by atoms with Crippen LogP contribution in [-0.2, 0) is 6.54 Å². The molecule has 0 saturated heterocycles. The van der Waals surface area contributed by atoms with Gasteiger partial charge in [-0.3, -0.25) is 4.79 Å². The Morgan fingerprint density at radius 2 is 2.27 bits per heavy atom. The number of halogens is 1. The molecule has 0 spiro atoms. The number of hydrogen-bond acceptors (Lipinski definition) is 2. The number of aryl methyl sites for hydroxylation is 1. The second-order valence-electron chi connectivity index (χ2n) is 3.76. The van der Waals surface area contributed by atoms with Crippen LogP contribution >= 0.6 is 28.6 Å². The predicted octanol–water partition coefficient (Wildman–Crippen LogP) is 2.88. The summed E-state index contributed by atoms with van der Waals surface area (Å²) in [5.41, 5.74) is 0.872. The van der Waals surface area contributed by atoms with E-state index in [1.807, 2.05) is 19.2 Å². The van der Waals surface area contributed by atoms with Gasteiger partial charge in [0.25, 0.3) is 5.56 Å². The van der Waals surface area contributed by atoms with E-state index in [9.17, 15) is 4.79 Å². The minimum Gasteiger partial charge on any atom is -0.314 e. The van der Waals surface area contributed by atoms with Gasteiger partial charge in [0, 0.05) is 22.8 Å². The van der Waals surface area contributed by atoms with Gasteiger partial charge in [-0.05, 0) is 40.6 Å². The summed E-state index contributed by atoms with van der Waals surface area (Å²) in [6.07, 6.45) is 2.89. The highest BCUT2D eigenvalue weighted by atomic mass is 79.9. The Bertz CT molecular complexity index is 385. The summed E-state index contributed by atoms with van der Waals surface area (Å²) in [4.78, 5) is 11.8. The van der Waals surface area contributed by atoms with Crippen LogP contribution in [0.15, 0.2) is 21.5 Å². The van der Waals surface area contributed by atoms with Gasteiger partial charge in [0.2, 0.25) is 0 Å². The van der Waals surface area contributed by atoms with Gasteiger partial charge in [0.05, 0.1) is 0 Å². The summed E-state index contributed by atoms with van der Waals surface area (Å²) in [6.45, 7) is 4.71. The molecule has 0 aromatic carbocycles. The van der Waals surface area contributed by atoms with E-state index in [1.165, 1.54) is 0 Å². The van der Waals surface area contributed by atoms with Crippen molar-refractivity contribution in [2.45, 2.75) is 26.8 Å². The molecule has 1 atom stereocenters. The van der Waals surface area contributed by atoms with E-state index >= 15 is 0 Å². The molecule has 1 unspecified atom stereocenters. The van der Waals surface area contributed by atoms with E-state index in [1.54, 1.807) is 4.57 Å². The Hall–Kier alpha value is -0.220. The van der Waals surface area contributed by atoms with Crippen molar-refractivity contribution >= 4 is 28.6 Å². The molecule has 15 heavy (non-hydrogen) atoms. The third-order valence-electron chi connectivity index (χ3n) is 2.52. The fourth-order valence-corrected chi connectivity index (χ4v) is 2.43. The SMILES string of the molecule is CCC(CS)Cn1cc(Br)cc(C)c1=O. The van der Waals surface area contributed by atoms with Gasteiger partial charge >= 0.3 is 0 Å². The summed E-state index contributed by atoms with van der Waals surface area (Å²) in [5, 5.41) is 0. The van der Waals surface area contributed by atoms with Gasteiger partial charge in [-0.2, -0.15) is 12.6 Å². The molecule has 0 bridgehead atoms. The van der Waals surface area contributed by atoms with Crippen molar-refractivity contribution < 1.29 is 0 Å². The first-order chi connectivity index (χ1) is 7.08. The number of pyridine rings is 1. The van der Waals surface area contributed by atoms with Crippen molar-refractivity contribution in [3.8, 4) is 0 Å². The van der Waals surface area contributed by atoms with Crippen LogP contribution in [0.2, 0.25) is 0 Å². The average Bonchev–Trinajstić information content (AvgIpc) is 2.21. The van der Waals surface area contributed by atoms with Gasteiger partial charge < -0.3 is 4.57 Å². The molecular formula is C11H16BrNOS. The first kappa shape index (κ1) is 12.8. The zero-order valence-electron chi connectivity index (χ0n) is 9.03. The van der Waals surface area contributed by atoms with E-state index in [0.29, 0.717) is 5.92 Å². The lowest BCUT2D eigenvalue weighted by molar-refractivity contribution is 0.466. The maximum Gasteiger partial charge on any atom is 0.253 e. The van der Waals surface area contributed by atoms with Crippen LogP contribution in [0.1, 0.15) is 18.9 Å². The third-order valence-corrected chi connectivity index (χ3v) is 3.47. The second-order valence-corrected chi connectivity index (χ2v) is 5.04. The maximum absolute atomic E-state index is 11.8. The Labute approximate surface area is 104 Å².